The van der Waals surface area contributed by atoms with Gasteiger partial charge in [-0.25, -0.2) is 0 Å². The van der Waals surface area contributed by atoms with Crippen molar-refractivity contribution in [3.63, 3.8) is 0 Å². The summed E-state index contributed by atoms with van der Waals surface area (Å²) in [6.45, 7) is 9.62. The number of halogens is 1. The number of hydrogen-bond donors (Lipinski definition) is 1. The summed E-state index contributed by atoms with van der Waals surface area (Å²) in [5, 5.41) is 10.4. The van der Waals surface area contributed by atoms with E-state index in [1.165, 1.54) is 0 Å². The molecule has 0 radical (unpaired) electrons. The first-order valence-electron chi connectivity index (χ1n) is 5.76. The molecule has 2 heterocycles. The van der Waals surface area contributed by atoms with Gasteiger partial charge < -0.3 is 19.3 Å². The molecule has 2 rings (SSSR count). The minimum atomic E-state index is -0.632. The van der Waals surface area contributed by atoms with E-state index < -0.39 is 18.2 Å². The standard InChI is InChI=1S/C12H19BrO4/c1-6(2)8-9(7(14)5-13)15-11-10(8)16-12(3,4)17-11/h7-11,14H,1,5H2,2-4H3/t7-,8+,9+,10+,11+/m0/s1. The first-order valence-corrected chi connectivity index (χ1v) is 6.88. The Kier molecular flexibility index (Phi) is 3.67. The van der Waals surface area contributed by atoms with Crippen molar-refractivity contribution in [3.05, 3.63) is 12.2 Å². The monoisotopic (exact) mass is 306 g/mol. The molecule has 0 saturated carbocycles. The van der Waals surface area contributed by atoms with Gasteiger partial charge in [-0.05, 0) is 20.8 Å². The third kappa shape index (κ3) is 2.44. The highest BCUT2D eigenvalue weighted by Gasteiger charge is 2.56. The van der Waals surface area contributed by atoms with Crippen molar-refractivity contribution in [2.75, 3.05) is 5.33 Å². The van der Waals surface area contributed by atoms with E-state index in [-0.39, 0.29) is 18.1 Å². The first kappa shape index (κ1) is 13.5. The lowest BCUT2D eigenvalue weighted by atomic mass is 9.89. The molecule has 98 valence electrons. The van der Waals surface area contributed by atoms with Gasteiger partial charge in [-0.3, -0.25) is 0 Å². The Labute approximate surface area is 110 Å². The molecule has 0 amide bonds. The Bertz CT molecular complexity index is 318. The summed E-state index contributed by atoms with van der Waals surface area (Å²) in [5.74, 6) is -0.665. The van der Waals surface area contributed by atoms with E-state index in [1.54, 1.807) is 0 Å². The fourth-order valence-corrected chi connectivity index (χ4v) is 2.88. The van der Waals surface area contributed by atoms with Gasteiger partial charge in [-0.15, -0.1) is 0 Å². The van der Waals surface area contributed by atoms with E-state index in [9.17, 15) is 5.11 Å². The van der Waals surface area contributed by atoms with Crippen molar-refractivity contribution in [2.24, 2.45) is 5.92 Å². The third-order valence-corrected chi connectivity index (χ3v) is 3.86. The number of rotatable bonds is 3. The highest BCUT2D eigenvalue weighted by Crippen LogP contribution is 2.44. The lowest BCUT2D eigenvalue weighted by molar-refractivity contribution is -0.217. The number of ether oxygens (including phenoxy) is 3. The Morgan fingerprint density at radius 2 is 2.12 bits per heavy atom. The SMILES string of the molecule is C=C(C)[C@H]1[C@H]2OC(C)(C)O[C@H]2O[C@@H]1[C@@H](O)CBr. The summed E-state index contributed by atoms with van der Waals surface area (Å²) >= 11 is 3.26. The van der Waals surface area contributed by atoms with Gasteiger partial charge in [0, 0.05) is 11.2 Å². The molecule has 1 N–H and O–H groups in total. The van der Waals surface area contributed by atoms with Gasteiger partial charge in [-0.1, -0.05) is 28.1 Å². The maximum Gasteiger partial charge on any atom is 0.188 e. The second-order valence-electron chi connectivity index (χ2n) is 5.16. The molecule has 2 aliphatic heterocycles. The third-order valence-electron chi connectivity index (χ3n) is 3.19. The average molecular weight is 307 g/mol. The van der Waals surface area contributed by atoms with Crippen LogP contribution >= 0.6 is 15.9 Å². The van der Waals surface area contributed by atoms with Gasteiger partial charge in [0.1, 0.15) is 6.10 Å². The summed E-state index contributed by atoms with van der Waals surface area (Å²) in [6, 6.07) is 0. The molecule has 4 nitrogen and oxygen atoms in total. The van der Waals surface area contributed by atoms with E-state index in [1.807, 2.05) is 20.8 Å². The van der Waals surface area contributed by atoms with Gasteiger partial charge in [0.25, 0.3) is 0 Å². The Hall–Kier alpha value is 0.0600. The molecule has 0 aromatic heterocycles. The zero-order valence-corrected chi connectivity index (χ0v) is 11.9. The molecule has 0 spiro atoms. The second-order valence-corrected chi connectivity index (χ2v) is 5.81. The molecule has 5 atom stereocenters. The fourth-order valence-electron chi connectivity index (χ4n) is 2.51. The maximum atomic E-state index is 9.94. The van der Waals surface area contributed by atoms with Crippen LogP contribution in [0.15, 0.2) is 12.2 Å². The van der Waals surface area contributed by atoms with Crippen LogP contribution in [0.5, 0.6) is 0 Å². The molecule has 0 aromatic carbocycles. The second kappa shape index (κ2) is 4.63. The Morgan fingerprint density at radius 3 is 2.65 bits per heavy atom. The van der Waals surface area contributed by atoms with Gasteiger partial charge >= 0.3 is 0 Å². The number of aliphatic hydroxyl groups excluding tert-OH is 1. The number of alkyl halides is 1. The molecule has 0 aromatic rings. The van der Waals surface area contributed by atoms with E-state index in [0.717, 1.165) is 5.57 Å². The lowest BCUT2D eigenvalue weighted by Crippen LogP contribution is -2.38. The van der Waals surface area contributed by atoms with Crippen molar-refractivity contribution in [2.45, 2.75) is 51.2 Å². The van der Waals surface area contributed by atoms with Gasteiger partial charge in [0.05, 0.1) is 12.2 Å². The fraction of sp³-hybridized carbons (Fsp3) is 0.833. The zero-order valence-electron chi connectivity index (χ0n) is 10.4. The first-order chi connectivity index (χ1) is 7.85. The van der Waals surface area contributed by atoms with Crippen molar-refractivity contribution in [1.82, 2.24) is 0 Å². The van der Waals surface area contributed by atoms with Crippen LogP contribution in [0, 0.1) is 5.92 Å². The summed E-state index contributed by atoms with van der Waals surface area (Å²) < 4.78 is 17.3. The summed E-state index contributed by atoms with van der Waals surface area (Å²) in [4.78, 5) is 0. The Balaban J connectivity index is 2.19. The van der Waals surface area contributed by atoms with Crippen LogP contribution in [-0.2, 0) is 14.2 Å². The van der Waals surface area contributed by atoms with Crippen molar-refractivity contribution in [3.8, 4) is 0 Å². The van der Waals surface area contributed by atoms with E-state index in [0.29, 0.717) is 5.33 Å². The number of hydrogen-bond acceptors (Lipinski definition) is 4. The van der Waals surface area contributed by atoms with Crippen molar-refractivity contribution < 1.29 is 19.3 Å². The number of aliphatic hydroxyl groups is 1. The van der Waals surface area contributed by atoms with Crippen LogP contribution in [0.2, 0.25) is 0 Å². The van der Waals surface area contributed by atoms with Gasteiger partial charge in [-0.2, -0.15) is 0 Å². The van der Waals surface area contributed by atoms with Crippen molar-refractivity contribution in [1.29, 1.82) is 0 Å². The molecule has 0 unspecified atom stereocenters. The highest BCUT2D eigenvalue weighted by atomic mass is 79.9. The van der Waals surface area contributed by atoms with Crippen LogP contribution in [0.25, 0.3) is 0 Å². The molecule has 17 heavy (non-hydrogen) atoms. The molecule has 0 aliphatic carbocycles. The largest absolute Gasteiger partial charge is 0.390 e. The molecule has 2 saturated heterocycles. The van der Waals surface area contributed by atoms with Crippen molar-refractivity contribution >= 4 is 15.9 Å². The van der Waals surface area contributed by atoms with E-state index >= 15 is 0 Å². The van der Waals surface area contributed by atoms with E-state index in [2.05, 4.69) is 22.5 Å². The zero-order chi connectivity index (χ0) is 12.8. The normalized spacial score (nSPS) is 41.2. The minimum absolute atomic E-state index is 0.0330. The summed E-state index contributed by atoms with van der Waals surface area (Å²) in [6.07, 6.45) is -1.50. The molecule has 5 heteroatoms. The van der Waals surface area contributed by atoms with Crippen LogP contribution in [0.1, 0.15) is 20.8 Å². The molecule has 2 fully saturated rings. The average Bonchev–Trinajstić information content (AvgIpc) is 2.67. The predicted molar refractivity (Wildman–Crippen MR) is 66.8 cm³/mol. The van der Waals surface area contributed by atoms with Gasteiger partial charge in [0.2, 0.25) is 0 Å². The van der Waals surface area contributed by atoms with E-state index in [4.69, 9.17) is 14.2 Å². The number of fused-ring (bicyclic) bond motifs is 1. The quantitative estimate of drug-likeness (QED) is 0.638. The van der Waals surface area contributed by atoms with Crippen LogP contribution < -0.4 is 0 Å². The molecular formula is C12H19BrO4. The topological polar surface area (TPSA) is 47.9 Å². The minimum Gasteiger partial charge on any atom is -0.390 e. The summed E-state index contributed by atoms with van der Waals surface area (Å²) in [5.41, 5.74) is 0.948. The predicted octanol–water partition coefficient (Wildman–Crippen LogP) is 1.81. The van der Waals surface area contributed by atoms with Crippen LogP contribution in [-0.4, -0.2) is 40.8 Å². The smallest absolute Gasteiger partial charge is 0.188 e. The molecule has 0 bridgehead atoms. The van der Waals surface area contributed by atoms with Crippen LogP contribution in [0.3, 0.4) is 0 Å². The highest BCUT2D eigenvalue weighted by molar-refractivity contribution is 9.09. The molecule has 2 aliphatic rings. The van der Waals surface area contributed by atoms with Crippen LogP contribution in [0.4, 0.5) is 0 Å². The Morgan fingerprint density at radius 1 is 1.47 bits per heavy atom. The summed E-state index contributed by atoms with van der Waals surface area (Å²) in [7, 11) is 0. The van der Waals surface area contributed by atoms with Gasteiger partial charge in [0.15, 0.2) is 12.1 Å². The lowest BCUT2D eigenvalue weighted by Gasteiger charge is -2.28. The molecular weight excluding hydrogens is 288 g/mol. The maximum absolute atomic E-state index is 9.94.